The van der Waals surface area contributed by atoms with Gasteiger partial charge in [-0.3, -0.25) is 4.79 Å². The van der Waals surface area contributed by atoms with E-state index in [0.29, 0.717) is 37.0 Å². The molecular weight excluding hydrogens is 400 g/mol. The van der Waals surface area contributed by atoms with Gasteiger partial charge in [0.05, 0.1) is 40.3 Å². The number of hydrogen-bond donors (Lipinski definition) is 1. The summed E-state index contributed by atoms with van der Waals surface area (Å²) in [6.07, 6.45) is -0.134. The number of ether oxygens (including phenoxy) is 1. The van der Waals surface area contributed by atoms with E-state index >= 15 is 0 Å². The summed E-state index contributed by atoms with van der Waals surface area (Å²) in [6, 6.07) is 11.9. The van der Waals surface area contributed by atoms with Crippen molar-refractivity contribution in [3.63, 3.8) is 0 Å². The number of carbonyl (C=O) groups is 1. The summed E-state index contributed by atoms with van der Waals surface area (Å²) in [5.74, 6) is -0.623. The van der Waals surface area contributed by atoms with Crippen LogP contribution in [0, 0.1) is 6.92 Å². The molecule has 28 heavy (non-hydrogen) atoms. The largest absolute Gasteiger partial charge is 0.378 e. The number of amides is 1. The van der Waals surface area contributed by atoms with Crippen LogP contribution >= 0.6 is 11.6 Å². The van der Waals surface area contributed by atoms with E-state index in [9.17, 15) is 13.2 Å². The van der Waals surface area contributed by atoms with Crippen molar-refractivity contribution in [2.75, 3.05) is 42.3 Å². The summed E-state index contributed by atoms with van der Waals surface area (Å²) >= 11 is 6.36. The number of rotatable bonds is 6. The Labute approximate surface area is 170 Å². The van der Waals surface area contributed by atoms with Crippen molar-refractivity contribution in [2.45, 2.75) is 18.2 Å². The van der Waals surface area contributed by atoms with Crippen LogP contribution in [0.2, 0.25) is 5.02 Å². The smallest absolute Gasteiger partial charge is 0.225 e. The first kappa shape index (κ1) is 20.6. The molecule has 1 saturated heterocycles. The molecule has 0 spiro atoms. The fraction of sp³-hybridized carbons (Fsp3) is 0.350. The number of nitrogens with zero attached hydrogens (tertiary/aromatic N) is 1. The Morgan fingerprint density at radius 3 is 2.50 bits per heavy atom. The Morgan fingerprint density at radius 2 is 1.82 bits per heavy atom. The first-order valence-corrected chi connectivity index (χ1v) is 11.1. The molecule has 1 heterocycles. The third-order valence-electron chi connectivity index (χ3n) is 4.57. The maximum absolute atomic E-state index is 12.4. The molecule has 0 atom stereocenters. The highest BCUT2D eigenvalue weighted by molar-refractivity contribution is 7.91. The zero-order valence-corrected chi connectivity index (χ0v) is 17.2. The van der Waals surface area contributed by atoms with Crippen molar-refractivity contribution in [1.82, 2.24) is 0 Å². The van der Waals surface area contributed by atoms with E-state index in [-0.39, 0.29) is 23.0 Å². The van der Waals surface area contributed by atoms with Gasteiger partial charge in [-0.15, -0.1) is 0 Å². The van der Waals surface area contributed by atoms with E-state index in [1.165, 1.54) is 0 Å². The fourth-order valence-electron chi connectivity index (χ4n) is 3.03. The van der Waals surface area contributed by atoms with Crippen LogP contribution in [-0.4, -0.2) is 46.4 Å². The third-order valence-corrected chi connectivity index (χ3v) is 6.60. The van der Waals surface area contributed by atoms with Gasteiger partial charge < -0.3 is 15.0 Å². The van der Waals surface area contributed by atoms with Crippen molar-refractivity contribution in [3.05, 3.63) is 53.1 Å². The van der Waals surface area contributed by atoms with Crippen molar-refractivity contribution in [2.24, 2.45) is 0 Å². The molecule has 1 aliphatic rings. The SMILES string of the molecule is Cc1ccc(S(=O)(=O)CCC(=O)Nc2cccc(Cl)c2N2CCOCC2)cc1. The highest BCUT2D eigenvalue weighted by atomic mass is 35.5. The van der Waals surface area contributed by atoms with Gasteiger partial charge in [0.1, 0.15) is 0 Å². The Hall–Kier alpha value is -2.09. The Balaban J connectivity index is 1.68. The van der Waals surface area contributed by atoms with Gasteiger partial charge >= 0.3 is 0 Å². The minimum atomic E-state index is -3.52. The summed E-state index contributed by atoms with van der Waals surface area (Å²) in [7, 11) is -3.52. The van der Waals surface area contributed by atoms with Crippen molar-refractivity contribution < 1.29 is 17.9 Å². The van der Waals surface area contributed by atoms with E-state index in [1.807, 2.05) is 6.92 Å². The molecule has 1 N–H and O–H groups in total. The van der Waals surface area contributed by atoms with Crippen LogP contribution in [0.1, 0.15) is 12.0 Å². The number of halogens is 1. The number of para-hydroxylation sites is 1. The number of nitrogens with one attached hydrogen (secondary N) is 1. The molecule has 0 aliphatic carbocycles. The number of morpholine rings is 1. The number of hydrogen-bond acceptors (Lipinski definition) is 5. The first-order chi connectivity index (χ1) is 13.4. The summed E-state index contributed by atoms with van der Waals surface area (Å²) < 4.78 is 30.3. The molecule has 6 nitrogen and oxygen atoms in total. The lowest BCUT2D eigenvalue weighted by Crippen LogP contribution is -2.37. The molecule has 150 valence electrons. The molecule has 0 bridgehead atoms. The van der Waals surface area contributed by atoms with Gasteiger partial charge in [0.15, 0.2) is 9.84 Å². The van der Waals surface area contributed by atoms with Gasteiger partial charge in [0.25, 0.3) is 0 Å². The molecule has 1 aliphatic heterocycles. The molecule has 1 amide bonds. The fourth-order valence-corrected chi connectivity index (χ4v) is 4.56. The lowest BCUT2D eigenvalue weighted by atomic mass is 10.2. The van der Waals surface area contributed by atoms with E-state index in [4.69, 9.17) is 16.3 Å². The van der Waals surface area contributed by atoms with Gasteiger partial charge in [-0.05, 0) is 31.2 Å². The van der Waals surface area contributed by atoms with E-state index in [1.54, 1.807) is 42.5 Å². The Morgan fingerprint density at radius 1 is 1.14 bits per heavy atom. The van der Waals surface area contributed by atoms with Gasteiger partial charge in [-0.2, -0.15) is 0 Å². The summed E-state index contributed by atoms with van der Waals surface area (Å²) in [5.41, 5.74) is 2.29. The predicted molar refractivity (Wildman–Crippen MR) is 111 cm³/mol. The summed E-state index contributed by atoms with van der Waals surface area (Å²) in [5, 5.41) is 3.35. The van der Waals surface area contributed by atoms with Crippen molar-refractivity contribution in [3.8, 4) is 0 Å². The zero-order chi connectivity index (χ0) is 20.1. The van der Waals surface area contributed by atoms with Gasteiger partial charge in [0.2, 0.25) is 5.91 Å². The first-order valence-electron chi connectivity index (χ1n) is 9.07. The Kier molecular flexibility index (Phi) is 6.59. The third kappa shape index (κ3) is 5.04. The molecule has 8 heteroatoms. The van der Waals surface area contributed by atoms with Crippen LogP contribution in [0.25, 0.3) is 0 Å². The summed E-state index contributed by atoms with van der Waals surface area (Å²) in [4.78, 5) is 14.7. The minimum absolute atomic E-state index is 0.134. The molecule has 2 aromatic carbocycles. The molecule has 0 saturated carbocycles. The molecule has 3 rings (SSSR count). The highest BCUT2D eigenvalue weighted by Crippen LogP contribution is 2.34. The molecule has 1 fully saturated rings. The van der Waals surface area contributed by atoms with Crippen molar-refractivity contribution >= 4 is 38.7 Å². The lowest BCUT2D eigenvalue weighted by molar-refractivity contribution is -0.115. The van der Waals surface area contributed by atoms with E-state index in [0.717, 1.165) is 11.3 Å². The number of carbonyl (C=O) groups excluding carboxylic acids is 1. The topological polar surface area (TPSA) is 75.7 Å². The number of sulfone groups is 1. The lowest BCUT2D eigenvalue weighted by Gasteiger charge is -2.31. The number of anilines is 2. The van der Waals surface area contributed by atoms with Crippen LogP contribution in [0.15, 0.2) is 47.4 Å². The molecule has 0 aromatic heterocycles. The zero-order valence-electron chi connectivity index (χ0n) is 15.7. The Bertz CT molecular complexity index is 939. The maximum Gasteiger partial charge on any atom is 0.225 e. The average Bonchev–Trinajstić information content (AvgIpc) is 2.68. The van der Waals surface area contributed by atoms with Crippen LogP contribution in [0.5, 0.6) is 0 Å². The normalized spacial score (nSPS) is 14.7. The molecule has 0 radical (unpaired) electrons. The standard InChI is InChI=1S/C20H23ClN2O4S/c1-15-5-7-16(8-6-15)28(25,26)14-9-19(24)22-18-4-2-3-17(21)20(18)23-10-12-27-13-11-23/h2-8H,9-14H2,1H3,(H,22,24). The van der Waals surface area contributed by atoms with Crippen LogP contribution in [-0.2, 0) is 19.4 Å². The second kappa shape index (κ2) is 8.94. The van der Waals surface area contributed by atoms with Crippen LogP contribution < -0.4 is 10.2 Å². The second-order valence-electron chi connectivity index (χ2n) is 6.67. The predicted octanol–water partition coefficient (Wildman–Crippen LogP) is 3.29. The van der Waals surface area contributed by atoms with Crippen LogP contribution in [0.4, 0.5) is 11.4 Å². The van der Waals surface area contributed by atoms with Gasteiger partial charge in [-0.25, -0.2) is 8.42 Å². The second-order valence-corrected chi connectivity index (χ2v) is 9.18. The van der Waals surface area contributed by atoms with Crippen LogP contribution in [0.3, 0.4) is 0 Å². The minimum Gasteiger partial charge on any atom is -0.378 e. The van der Waals surface area contributed by atoms with Crippen molar-refractivity contribution in [1.29, 1.82) is 0 Å². The maximum atomic E-state index is 12.4. The number of benzene rings is 2. The highest BCUT2D eigenvalue weighted by Gasteiger charge is 2.20. The van der Waals surface area contributed by atoms with Gasteiger partial charge in [0, 0.05) is 19.5 Å². The van der Waals surface area contributed by atoms with Gasteiger partial charge in [-0.1, -0.05) is 35.4 Å². The average molecular weight is 423 g/mol. The monoisotopic (exact) mass is 422 g/mol. The number of aryl methyl sites for hydroxylation is 1. The molecule has 2 aromatic rings. The molecule has 0 unspecified atom stereocenters. The quantitative estimate of drug-likeness (QED) is 0.773. The van der Waals surface area contributed by atoms with E-state index in [2.05, 4.69) is 10.2 Å². The summed E-state index contributed by atoms with van der Waals surface area (Å²) in [6.45, 7) is 4.42. The molecular formula is C20H23ClN2O4S. The van der Waals surface area contributed by atoms with E-state index < -0.39 is 9.84 Å².